The molecule has 2 atom stereocenters. The van der Waals surface area contributed by atoms with Crippen LogP contribution in [0.5, 0.6) is 0 Å². The highest BCUT2D eigenvalue weighted by atomic mass is 32.2. The molecule has 4 rings (SSSR count). The van der Waals surface area contributed by atoms with E-state index >= 15 is 0 Å². The number of nitrogens with zero attached hydrogens (tertiary/aromatic N) is 1. The molecule has 2 heterocycles. The van der Waals surface area contributed by atoms with Gasteiger partial charge in [-0.2, -0.15) is 0 Å². The zero-order valence-electron chi connectivity index (χ0n) is 13.2. The molecule has 122 valence electrons. The van der Waals surface area contributed by atoms with Gasteiger partial charge in [0.25, 0.3) is 5.91 Å². The predicted molar refractivity (Wildman–Crippen MR) is 91.2 cm³/mol. The van der Waals surface area contributed by atoms with Gasteiger partial charge in [-0.3, -0.25) is 9.59 Å². The number of carbonyl (C=O) groups is 2. The van der Waals surface area contributed by atoms with Crippen LogP contribution in [-0.4, -0.2) is 34.6 Å². The summed E-state index contributed by atoms with van der Waals surface area (Å²) in [6, 6.07) is 7.70. The molecule has 1 saturated carbocycles. The summed E-state index contributed by atoms with van der Waals surface area (Å²) in [7, 11) is 0. The van der Waals surface area contributed by atoms with Gasteiger partial charge in [0, 0.05) is 17.4 Å². The van der Waals surface area contributed by atoms with Gasteiger partial charge in [-0.15, -0.1) is 11.8 Å². The van der Waals surface area contributed by atoms with E-state index in [4.69, 9.17) is 0 Å². The molecular formula is C18H22N2O2S. The summed E-state index contributed by atoms with van der Waals surface area (Å²) >= 11 is 1.71. The first kappa shape index (κ1) is 15.1. The first-order valence-corrected chi connectivity index (χ1v) is 9.64. The second kappa shape index (κ2) is 6.19. The van der Waals surface area contributed by atoms with E-state index in [2.05, 4.69) is 5.32 Å². The maximum atomic E-state index is 12.7. The first-order chi connectivity index (χ1) is 11.3. The smallest absolute Gasteiger partial charge is 0.256 e. The van der Waals surface area contributed by atoms with Crippen LogP contribution in [0.3, 0.4) is 0 Å². The molecule has 1 aliphatic carbocycles. The number of fused-ring (bicyclic) bond motifs is 3. The maximum Gasteiger partial charge on any atom is 0.256 e. The van der Waals surface area contributed by atoms with Crippen LogP contribution in [-0.2, 0) is 4.79 Å². The fourth-order valence-electron chi connectivity index (χ4n) is 3.96. The van der Waals surface area contributed by atoms with E-state index in [9.17, 15) is 9.59 Å². The highest BCUT2D eigenvalue weighted by Gasteiger charge is 2.48. The average Bonchev–Trinajstić information content (AvgIpc) is 3.00. The molecule has 0 spiro atoms. The van der Waals surface area contributed by atoms with Crippen LogP contribution >= 0.6 is 11.8 Å². The third-order valence-electron chi connectivity index (χ3n) is 5.20. The molecule has 0 radical (unpaired) electrons. The Kier molecular flexibility index (Phi) is 4.05. The van der Waals surface area contributed by atoms with Gasteiger partial charge in [0.2, 0.25) is 5.91 Å². The fourth-order valence-corrected chi connectivity index (χ4v) is 5.43. The van der Waals surface area contributed by atoms with E-state index in [1.54, 1.807) is 16.7 Å². The monoisotopic (exact) mass is 330 g/mol. The third kappa shape index (κ3) is 2.65. The highest BCUT2D eigenvalue weighted by Crippen LogP contribution is 2.48. The first-order valence-electron chi connectivity index (χ1n) is 8.59. The van der Waals surface area contributed by atoms with Crippen molar-refractivity contribution in [3.05, 3.63) is 35.4 Å². The number of rotatable bonds is 2. The van der Waals surface area contributed by atoms with E-state index in [-0.39, 0.29) is 29.3 Å². The number of nitrogens with one attached hydrogen (secondary N) is 1. The molecule has 5 heteroatoms. The number of thioether (sulfide) groups is 1. The van der Waals surface area contributed by atoms with E-state index in [0.717, 1.165) is 24.0 Å². The van der Waals surface area contributed by atoms with Gasteiger partial charge >= 0.3 is 0 Å². The average molecular weight is 330 g/mol. The normalized spacial score (nSPS) is 27.5. The molecule has 0 bridgehead atoms. The lowest BCUT2D eigenvalue weighted by molar-refractivity contribution is -0.125. The van der Waals surface area contributed by atoms with Crippen LogP contribution in [0.2, 0.25) is 0 Å². The van der Waals surface area contributed by atoms with Crippen LogP contribution in [0, 0.1) is 0 Å². The predicted octanol–water partition coefficient (Wildman–Crippen LogP) is 3.10. The van der Waals surface area contributed by atoms with Crippen LogP contribution in [0.15, 0.2) is 24.3 Å². The van der Waals surface area contributed by atoms with Crippen molar-refractivity contribution >= 4 is 23.6 Å². The third-order valence-corrected chi connectivity index (χ3v) is 6.50. The molecule has 23 heavy (non-hydrogen) atoms. The summed E-state index contributed by atoms with van der Waals surface area (Å²) in [4.78, 5) is 27.2. The Hall–Kier alpha value is -1.49. The van der Waals surface area contributed by atoms with Gasteiger partial charge in [0.05, 0.1) is 0 Å². The topological polar surface area (TPSA) is 49.4 Å². The van der Waals surface area contributed by atoms with E-state index in [0.29, 0.717) is 5.75 Å². The van der Waals surface area contributed by atoms with Crippen molar-refractivity contribution in [3.63, 3.8) is 0 Å². The quantitative estimate of drug-likeness (QED) is 0.848. The summed E-state index contributed by atoms with van der Waals surface area (Å²) < 4.78 is 0. The van der Waals surface area contributed by atoms with Crippen LogP contribution in [0.4, 0.5) is 0 Å². The lowest BCUT2D eigenvalue weighted by Crippen LogP contribution is -2.48. The Morgan fingerprint density at radius 1 is 1.13 bits per heavy atom. The van der Waals surface area contributed by atoms with Gasteiger partial charge in [-0.25, -0.2) is 0 Å². The van der Waals surface area contributed by atoms with Crippen molar-refractivity contribution in [1.29, 1.82) is 0 Å². The molecule has 1 aromatic rings. The van der Waals surface area contributed by atoms with E-state index in [1.165, 1.54) is 25.7 Å². The van der Waals surface area contributed by atoms with Gasteiger partial charge in [0.1, 0.15) is 11.4 Å². The molecule has 1 unspecified atom stereocenters. The second-order valence-corrected chi connectivity index (χ2v) is 7.81. The van der Waals surface area contributed by atoms with E-state index in [1.807, 2.05) is 24.3 Å². The van der Waals surface area contributed by atoms with Crippen molar-refractivity contribution in [2.24, 2.45) is 0 Å². The summed E-state index contributed by atoms with van der Waals surface area (Å²) in [5.41, 5.74) is 1.82. The summed E-state index contributed by atoms with van der Waals surface area (Å²) in [5.74, 6) is 0.744. The number of hydrogen-bond donors (Lipinski definition) is 1. The van der Waals surface area contributed by atoms with Crippen molar-refractivity contribution in [3.8, 4) is 0 Å². The minimum absolute atomic E-state index is 0.0108. The number of benzene rings is 1. The van der Waals surface area contributed by atoms with E-state index < -0.39 is 0 Å². The Morgan fingerprint density at radius 3 is 2.65 bits per heavy atom. The Balaban J connectivity index is 1.49. The zero-order chi connectivity index (χ0) is 15.8. The molecule has 2 fully saturated rings. The summed E-state index contributed by atoms with van der Waals surface area (Å²) in [6.45, 7) is 0. The zero-order valence-corrected chi connectivity index (χ0v) is 14.0. The number of carbonyl (C=O) groups excluding carboxylic acids is 2. The highest BCUT2D eigenvalue weighted by molar-refractivity contribution is 7.99. The van der Waals surface area contributed by atoms with Gasteiger partial charge in [-0.05, 0) is 24.5 Å². The van der Waals surface area contributed by atoms with Crippen molar-refractivity contribution < 1.29 is 9.59 Å². The molecule has 4 nitrogen and oxygen atoms in total. The van der Waals surface area contributed by atoms with Gasteiger partial charge in [0.15, 0.2) is 0 Å². The van der Waals surface area contributed by atoms with Gasteiger partial charge in [-0.1, -0.05) is 43.9 Å². The molecule has 1 N–H and O–H groups in total. The molecule has 2 amide bonds. The maximum absolute atomic E-state index is 12.7. The summed E-state index contributed by atoms with van der Waals surface area (Å²) in [5, 5.41) is 3.23. The van der Waals surface area contributed by atoms with Crippen molar-refractivity contribution in [2.75, 3.05) is 5.75 Å². The second-order valence-electron chi connectivity index (χ2n) is 6.70. The molecule has 1 saturated heterocycles. The Bertz CT molecular complexity index is 625. The standard InChI is InChI=1S/C18H22N2O2S/c21-16(19-12-7-3-1-2-4-8-12)15-11-23-18-14-10-6-5-9-13(14)17(22)20(15)18/h5-6,9-10,12,15,18H,1-4,7-8,11H2,(H,19,21)/t15-,18?/m0/s1. The molecule has 3 aliphatic rings. The SMILES string of the molecule is O=C(NC1CCCCCC1)[C@@H]1CSC2c3ccccc3C(=O)N21. The number of hydrogen-bond acceptors (Lipinski definition) is 3. The fraction of sp³-hybridized carbons (Fsp3) is 0.556. The molecule has 1 aromatic carbocycles. The van der Waals surface area contributed by atoms with Crippen LogP contribution in [0.1, 0.15) is 59.8 Å². The Morgan fingerprint density at radius 2 is 1.87 bits per heavy atom. The lowest BCUT2D eigenvalue weighted by Gasteiger charge is -2.25. The molecule has 2 aliphatic heterocycles. The molecular weight excluding hydrogens is 308 g/mol. The van der Waals surface area contributed by atoms with Crippen molar-refractivity contribution in [2.45, 2.75) is 56.0 Å². The lowest BCUT2D eigenvalue weighted by atomic mass is 10.1. The minimum Gasteiger partial charge on any atom is -0.352 e. The van der Waals surface area contributed by atoms with Gasteiger partial charge < -0.3 is 10.2 Å². The van der Waals surface area contributed by atoms with Crippen molar-refractivity contribution in [1.82, 2.24) is 10.2 Å². The Labute approximate surface area is 141 Å². The largest absolute Gasteiger partial charge is 0.352 e. The van der Waals surface area contributed by atoms with Crippen LogP contribution in [0.25, 0.3) is 0 Å². The minimum atomic E-state index is -0.326. The number of amides is 2. The van der Waals surface area contributed by atoms with Crippen LogP contribution < -0.4 is 5.32 Å². The molecule has 0 aromatic heterocycles. The summed E-state index contributed by atoms with van der Waals surface area (Å²) in [6.07, 6.45) is 7.08.